The molecule has 20 heavy (non-hydrogen) atoms. The normalized spacial score (nSPS) is 12.2. The second kappa shape index (κ2) is 8.68. The predicted molar refractivity (Wildman–Crippen MR) is 82.8 cm³/mol. The van der Waals surface area contributed by atoms with Crippen molar-refractivity contribution >= 4 is 21.5 Å². The van der Waals surface area contributed by atoms with Crippen LogP contribution in [-0.4, -0.2) is 37.9 Å². The summed E-state index contributed by atoms with van der Waals surface area (Å²) in [6, 6.07) is 0. The summed E-state index contributed by atoms with van der Waals surface area (Å²) in [5.74, 6) is 0. The third-order valence-electron chi connectivity index (χ3n) is 2.83. The molecule has 0 unspecified atom stereocenters. The van der Waals surface area contributed by atoms with Gasteiger partial charge in [0, 0.05) is 18.5 Å². The van der Waals surface area contributed by atoms with E-state index in [0.717, 1.165) is 36.8 Å². The van der Waals surface area contributed by atoms with E-state index >= 15 is 0 Å². The number of hydrogen-bond donors (Lipinski definition) is 2. The molecular weight excluding hydrogens is 296 g/mol. The van der Waals surface area contributed by atoms with E-state index in [1.54, 1.807) is 0 Å². The van der Waals surface area contributed by atoms with E-state index < -0.39 is 10.2 Å². The SMILES string of the molecule is CCCNS(=O)(=O)NCc1nc(CN(CC)CC)cs1. The number of nitrogens with one attached hydrogen (secondary N) is 2. The van der Waals surface area contributed by atoms with Crippen molar-refractivity contribution in [2.75, 3.05) is 19.6 Å². The highest BCUT2D eigenvalue weighted by Gasteiger charge is 2.10. The minimum absolute atomic E-state index is 0.238. The van der Waals surface area contributed by atoms with Crippen LogP contribution in [0, 0.1) is 0 Å². The Kier molecular flexibility index (Phi) is 7.60. The van der Waals surface area contributed by atoms with E-state index in [0.29, 0.717) is 6.54 Å². The molecule has 1 aromatic rings. The Labute approximate surface area is 125 Å². The number of rotatable bonds is 10. The Hall–Kier alpha value is -0.540. The lowest BCUT2D eigenvalue weighted by Gasteiger charge is -2.15. The van der Waals surface area contributed by atoms with Gasteiger partial charge in [0.25, 0.3) is 10.2 Å². The van der Waals surface area contributed by atoms with Gasteiger partial charge in [-0.1, -0.05) is 20.8 Å². The van der Waals surface area contributed by atoms with Crippen LogP contribution in [0.2, 0.25) is 0 Å². The maximum Gasteiger partial charge on any atom is 0.277 e. The van der Waals surface area contributed by atoms with Gasteiger partial charge in [0.15, 0.2) is 0 Å². The molecule has 1 heterocycles. The van der Waals surface area contributed by atoms with E-state index in [2.05, 4.69) is 33.2 Å². The Bertz CT molecular complexity index is 483. The van der Waals surface area contributed by atoms with E-state index in [9.17, 15) is 8.42 Å². The van der Waals surface area contributed by atoms with Gasteiger partial charge < -0.3 is 0 Å². The summed E-state index contributed by atoms with van der Waals surface area (Å²) in [6.45, 7) is 9.61. The molecule has 1 aromatic heterocycles. The van der Waals surface area contributed by atoms with Gasteiger partial charge in [0.2, 0.25) is 0 Å². The third kappa shape index (κ3) is 6.27. The van der Waals surface area contributed by atoms with Gasteiger partial charge in [0.1, 0.15) is 5.01 Å². The lowest BCUT2D eigenvalue weighted by atomic mass is 10.4. The average Bonchev–Trinajstić information content (AvgIpc) is 2.88. The molecule has 0 spiro atoms. The van der Waals surface area contributed by atoms with Gasteiger partial charge in [-0.3, -0.25) is 4.90 Å². The molecule has 0 atom stereocenters. The molecule has 0 aliphatic rings. The highest BCUT2D eigenvalue weighted by Crippen LogP contribution is 2.11. The van der Waals surface area contributed by atoms with Crippen LogP contribution in [-0.2, 0) is 23.3 Å². The highest BCUT2D eigenvalue weighted by molar-refractivity contribution is 7.87. The zero-order valence-corrected chi connectivity index (χ0v) is 14.0. The second-order valence-corrected chi connectivity index (χ2v) is 6.94. The first-order valence-corrected chi connectivity index (χ1v) is 9.26. The summed E-state index contributed by atoms with van der Waals surface area (Å²) < 4.78 is 28.1. The number of thiazole rings is 1. The van der Waals surface area contributed by atoms with Crippen molar-refractivity contribution in [1.82, 2.24) is 19.3 Å². The fraction of sp³-hybridized carbons (Fsp3) is 0.750. The van der Waals surface area contributed by atoms with Crippen molar-refractivity contribution in [2.24, 2.45) is 0 Å². The van der Waals surface area contributed by atoms with Crippen LogP contribution in [0.1, 0.15) is 37.9 Å². The molecule has 0 fully saturated rings. The van der Waals surface area contributed by atoms with Crippen LogP contribution in [0.15, 0.2) is 5.38 Å². The summed E-state index contributed by atoms with van der Waals surface area (Å²) >= 11 is 1.48. The first-order chi connectivity index (χ1) is 9.50. The number of nitrogens with zero attached hydrogens (tertiary/aromatic N) is 2. The van der Waals surface area contributed by atoms with Gasteiger partial charge in [-0.25, -0.2) is 9.71 Å². The van der Waals surface area contributed by atoms with Crippen LogP contribution < -0.4 is 9.44 Å². The maximum absolute atomic E-state index is 11.6. The van der Waals surface area contributed by atoms with Crippen LogP contribution in [0.25, 0.3) is 0 Å². The second-order valence-electron chi connectivity index (χ2n) is 4.41. The molecule has 0 saturated carbocycles. The van der Waals surface area contributed by atoms with E-state index in [-0.39, 0.29) is 6.54 Å². The summed E-state index contributed by atoms with van der Waals surface area (Å²) in [4.78, 5) is 6.72. The van der Waals surface area contributed by atoms with Crippen LogP contribution in [0.4, 0.5) is 0 Å². The van der Waals surface area contributed by atoms with Gasteiger partial charge in [-0.05, 0) is 19.5 Å². The number of aromatic nitrogens is 1. The molecule has 0 radical (unpaired) electrons. The van der Waals surface area contributed by atoms with E-state index in [1.807, 2.05) is 12.3 Å². The topological polar surface area (TPSA) is 74.3 Å². The lowest BCUT2D eigenvalue weighted by molar-refractivity contribution is 0.292. The Morgan fingerprint density at radius 3 is 2.55 bits per heavy atom. The van der Waals surface area contributed by atoms with Crippen molar-refractivity contribution in [2.45, 2.75) is 40.3 Å². The largest absolute Gasteiger partial charge is 0.298 e. The standard InChI is InChI=1S/C12H24N4O2S2/c1-4-7-13-20(17,18)14-8-12-15-11(10-19-12)9-16(5-2)6-3/h10,13-14H,4-9H2,1-3H3. The fourth-order valence-electron chi connectivity index (χ4n) is 1.62. The molecule has 0 aromatic carbocycles. The van der Waals surface area contributed by atoms with Crippen LogP contribution >= 0.6 is 11.3 Å². The minimum atomic E-state index is -3.41. The molecule has 116 valence electrons. The smallest absolute Gasteiger partial charge is 0.277 e. The van der Waals surface area contributed by atoms with Gasteiger partial charge in [-0.2, -0.15) is 13.1 Å². The third-order valence-corrected chi connectivity index (χ3v) is 4.84. The lowest BCUT2D eigenvalue weighted by Crippen LogP contribution is -2.36. The summed E-state index contributed by atoms with van der Waals surface area (Å²) in [6.07, 6.45) is 0.770. The number of hydrogen-bond acceptors (Lipinski definition) is 5. The molecule has 8 heteroatoms. The molecule has 2 N–H and O–H groups in total. The zero-order valence-electron chi connectivity index (χ0n) is 12.3. The Morgan fingerprint density at radius 2 is 1.95 bits per heavy atom. The molecular formula is C12H24N4O2S2. The molecule has 0 bridgehead atoms. The molecule has 1 rings (SSSR count). The van der Waals surface area contributed by atoms with Crippen molar-refractivity contribution in [3.05, 3.63) is 16.1 Å². The molecule has 6 nitrogen and oxygen atoms in total. The Morgan fingerprint density at radius 1 is 1.25 bits per heavy atom. The van der Waals surface area contributed by atoms with Gasteiger partial charge in [-0.15, -0.1) is 11.3 Å². The summed E-state index contributed by atoms with van der Waals surface area (Å²) in [5, 5.41) is 2.77. The molecule has 0 amide bonds. The quantitative estimate of drug-likeness (QED) is 0.682. The fourth-order valence-corrected chi connectivity index (χ4v) is 3.34. The first-order valence-electron chi connectivity index (χ1n) is 6.90. The van der Waals surface area contributed by atoms with Crippen molar-refractivity contribution in [1.29, 1.82) is 0 Å². The van der Waals surface area contributed by atoms with Gasteiger partial charge >= 0.3 is 0 Å². The molecule has 0 aliphatic heterocycles. The summed E-state index contributed by atoms with van der Waals surface area (Å²) in [5.41, 5.74) is 0.995. The Balaban J connectivity index is 2.48. The van der Waals surface area contributed by atoms with Crippen molar-refractivity contribution < 1.29 is 8.42 Å². The summed E-state index contributed by atoms with van der Waals surface area (Å²) in [7, 11) is -3.41. The minimum Gasteiger partial charge on any atom is -0.298 e. The van der Waals surface area contributed by atoms with Crippen LogP contribution in [0.3, 0.4) is 0 Å². The molecule has 0 saturated heterocycles. The molecule has 0 aliphatic carbocycles. The average molecular weight is 320 g/mol. The zero-order chi connectivity index (χ0) is 15.0. The predicted octanol–water partition coefficient (Wildman–Crippen LogP) is 1.32. The van der Waals surface area contributed by atoms with Crippen molar-refractivity contribution in [3.63, 3.8) is 0 Å². The van der Waals surface area contributed by atoms with E-state index in [4.69, 9.17) is 0 Å². The first kappa shape index (κ1) is 17.5. The van der Waals surface area contributed by atoms with Crippen molar-refractivity contribution in [3.8, 4) is 0 Å². The monoisotopic (exact) mass is 320 g/mol. The van der Waals surface area contributed by atoms with Gasteiger partial charge in [0.05, 0.1) is 12.2 Å². The van der Waals surface area contributed by atoms with E-state index in [1.165, 1.54) is 11.3 Å². The maximum atomic E-state index is 11.6. The van der Waals surface area contributed by atoms with Crippen LogP contribution in [0.5, 0.6) is 0 Å². The highest BCUT2D eigenvalue weighted by atomic mass is 32.2.